The number of anilines is 3. The SMILES string of the molecule is CCN(CC)c1ccc(CNc2ccc3ccccc3c2)cc1N[O-]. The molecule has 0 aromatic heterocycles. The summed E-state index contributed by atoms with van der Waals surface area (Å²) in [5.74, 6) is 0. The largest absolute Gasteiger partial charge is 0.761 e. The highest BCUT2D eigenvalue weighted by Crippen LogP contribution is 2.27. The van der Waals surface area contributed by atoms with Crippen LogP contribution in [0.15, 0.2) is 60.7 Å². The van der Waals surface area contributed by atoms with Gasteiger partial charge in [0.2, 0.25) is 0 Å². The molecule has 0 saturated heterocycles. The molecule has 0 unspecified atom stereocenters. The Balaban J connectivity index is 1.75. The van der Waals surface area contributed by atoms with Crippen LogP contribution in [0.5, 0.6) is 0 Å². The molecule has 3 aromatic rings. The molecule has 0 saturated carbocycles. The molecular formula is C21H24N3O-. The molecule has 0 radical (unpaired) electrons. The van der Waals surface area contributed by atoms with Gasteiger partial charge in [0.25, 0.3) is 0 Å². The standard InChI is InChI=1S/C21H24N3O/c1-3-24(4-2)21-12-9-16(13-20(21)23-25)15-22-19-11-10-17-7-5-6-8-18(17)14-19/h5-14,22-23H,3-4,15H2,1-2H3/q-1. The number of rotatable bonds is 7. The van der Waals surface area contributed by atoms with Gasteiger partial charge in [0, 0.05) is 31.0 Å². The predicted octanol–water partition coefficient (Wildman–Crippen LogP) is 5.21. The molecule has 4 heteroatoms. The van der Waals surface area contributed by atoms with E-state index in [1.807, 2.05) is 24.3 Å². The number of hydrogen-bond acceptors (Lipinski definition) is 4. The zero-order valence-electron chi connectivity index (χ0n) is 14.8. The van der Waals surface area contributed by atoms with Gasteiger partial charge in [-0.1, -0.05) is 36.4 Å². The van der Waals surface area contributed by atoms with Gasteiger partial charge >= 0.3 is 0 Å². The van der Waals surface area contributed by atoms with E-state index in [1.165, 1.54) is 10.8 Å². The molecule has 3 rings (SSSR count). The van der Waals surface area contributed by atoms with Crippen LogP contribution in [-0.4, -0.2) is 13.1 Å². The van der Waals surface area contributed by atoms with Crippen molar-refractivity contribution in [2.45, 2.75) is 20.4 Å². The molecule has 0 bridgehead atoms. The topological polar surface area (TPSA) is 50.4 Å². The molecule has 0 aliphatic carbocycles. The molecule has 25 heavy (non-hydrogen) atoms. The second-order valence-corrected chi connectivity index (χ2v) is 6.04. The minimum atomic E-state index is 0.626. The maximum atomic E-state index is 11.4. The summed E-state index contributed by atoms with van der Waals surface area (Å²) in [5.41, 5.74) is 5.81. The first-order valence-electron chi connectivity index (χ1n) is 8.73. The summed E-state index contributed by atoms with van der Waals surface area (Å²) in [7, 11) is 0. The van der Waals surface area contributed by atoms with Crippen molar-refractivity contribution >= 4 is 27.8 Å². The lowest BCUT2D eigenvalue weighted by Crippen LogP contribution is -2.22. The zero-order valence-corrected chi connectivity index (χ0v) is 14.8. The van der Waals surface area contributed by atoms with E-state index in [-0.39, 0.29) is 0 Å². The summed E-state index contributed by atoms with van der Waals surface area (Å²) in [6.07, 6.45) is 0. The van der Waals surface area contributed by atoms with E-state index in [2.05, 4.69) is 65.9 Å². The lowest BCUT2D eigenvalue weighted by Gasteiger charge is -2.26. The van der Waals surface area contributed by atoms with Crippen LogP contribution in [0.3, 0.4) is 0 Å². The Hall–Kier alpha value is -2.72. The first-order chi connectivity index (χ1) is 12.2. The smallest absolute Gasteiger partial charge is 0.0594 e. The zero-order chi connectivity index (χ0) is 17.6. The van der Waals surface area contributed by atoms with Crippen LogP contribution in [0.2, 0.25) is 0 Å². The lowest BCUT2D eigenvalue weighted by atomic mass is 10.1. The Morgan fingerprint density at radius 2 is 1.64 bits per heavy atom. The van der Waals surface area contributed by atoms with Crippen LogP contribution in [0, 0.1) is 5.21 Å². The summed E-state index contributed by atoms with van der Waals surface area (Å²) in [4.78, 5) is 2.17. The maximum absolute atomic E-state index is 11.4. The second-order valence-electron chi connectivity index (χ2n) is 6.04. The molecule has 0 atom stereocenters. The summed E-state index contributed by atoms with van der Waals surface area (Å²) >= 11 is 0. The molecule has 0 fully saturated rings. The van der Waals surface area contributed by atoms with Crippen molar-refractivity contribution < 1.29 is 0 Å². The van der Waals surface area contributed by atoms with Gasteiger partial charge in [-0.05, 0) is 54.4 Å². The van der Waals surface area contributed by atoms with Crippen LogP contribution >= 0.6 is 0 Å². The highest BCUT2D eigenvalue weighted by Gasteiger charge is 2.07. The Morgan fingerprint density at radius 1 is 0.880 bits per heavy atom. The van der Waals surface area contributed by atoms with Gasteiger partial charge in [-0.25, -0.2) is 0 Å². The van der Waals surface area contributed by atoms with Gasteiger partial charge in [-0.15, -0.1) is 0 Å². The summed E-state index contributed by atoms with van der Waals surface area (Å²) in [5, 5.41) is 17.2. The minimum absolute atomic E-state index is 0.626. The van der Waals surface area contributed by atoms with Crippen LogP contribution < -0.4 is 15.7 Å². The van der Waals surface area contributed by atoms with Gasteiger partial charge in [0.1, 0.15) is 0 Å². The Morgan fingerprint density at radius 3 is 2.36 bits per heavy atom. The fraction of sp³-hybridized carbons (Fsp3) is 0.238. The van der Waals surface area contributed by atoms with Crippen molar-refractivity contribution in [3.63, 3.8) is 0 Å². The monoisotopic (exact) mass is 334 g/mol. The molecule has 0 amide bonds. The van der Waals surface area contributed by atoms with E-state index in [0.717, 1.165) is 30.0 Å². The third-order valence-corrected chi connectivity index (χ3v) is 4.52. The fourth-order valence-electron chi connectivity index (χ4n) is 3.12. The molecule has 4 nitrogen and oxygen atoms in total. The van der Waals surface area contributed by atoms with Crippen molar-refractivity contribution in [1.29, 1.82) is 0 Å². The van der Waals surface area contributed by atoms with Crippen molar-refractivity contribution in [1.82, 2.24) is 0 Å². The summed E-state index contributed by atoms with van der Waals surface area (Å²) in [6, 6.07) is 20.7. The Kier molecular flexibility index (Phi) is 5.41. The van der Waals surface area contributed by atoms with E-state index in [9.17, 15) is 5.21 Å². The number of fused-ring (bicyclic) bond motifs is 1. The quantitative estimate of drug-likeness (QED) is 0.583. The molecule has 0 aliphatic rings. The summed E-state index contributed by atoms with van der Waals surface area (Å²) < 4.78 is 0. The fourth-order valence-corrected chi connectivity index (χ4v) is 3.12. The van der Waals surface area contributed by atoms with Crippen molar-refractivity contribution in [2.75, 3.05) is 28.8 Å². The van der Waals surface area contributed by atoms with Gasteiger partial charge in [-0.3, -0.25) is 0 Å². The summed E-state index contributed by atoms with van der Waals surface area (Å²) in [6.45, 7) is 6.60. The molecule has 130 valence electrons. The van der Waals surface area contributed by atoms with Crippen LogP contribution in [0.4, 0.5) is 17.1 Å². The van der Waals surface area contributed by atoms with Crippen molar-refractivity contribution in [3.05, 3.63) is 71.4 Å². The maximum Gasteiger partial charge on any atom is 0.0594 e. The van der Waals surface area contributed by atoms with E-state index >= 15 is 0 Å². The average Bonchev–Trinajstić information content (AvgIpc) is 2.67. The number of nitrogens with one attached hydrogen (secondary N) is 2. The van der Waals surface area contributed by atoms with E-state index in [0.29, 0.717) is 12.2 Å². The molecule has 2 N–H and O–H groups in total. The van der Waals surface area contributed by atoms with Crippen molar-refractivity contribution in [2.24, 2.45) is 0 Å². The minimum Gasteiger partial charge on any atom is -0.761 e. The Labute approximate surface area is 149 Å². The van der Waals surface area contributed by atoms with Gasteiger partial charge in [0.15, 0.2) is 0 Å². The molecule has 0 heterocycles. The van der Waals surface area contributed by atoms with E-state index < -0.39 is 0 Å². The lowest BCUT2D eigenvalue weighted by molar-refractivity contribution is 0.867. The van der Waals surface area contributed by atoms with E-state index in [1.54, 1.807) is 0 Å². The van der Waals surface area contributed by atoms with Gasteiger partial charge < -0.3 is 20.9 Å². The molecule has 0 aliphatic heterocycles. The average molecular weight is 334 g/mol. The number of nitrogens with zero attached hydrogens (tertiary/aromatic N) is 1. The molecule has 0 spiro atoms. The first-order valence-corrected chi connectivity index (χ1v) is 8.73. The molecular weight excluding hydrogens is 310 g/mol. The van der Waals surface area contributed by atoms with Crippen LogP contribution in [0.25, 0.3) is 10.8 Å². The van der Waals surface area contributed by atoms with E-state index in [4.69, 9.17) is 0 Å². The number of benzene rings is 3. The van der Waals surface area contributed by atoms with Gasteiger partial charge in [-0.2, -0.15) is 0 Å². The third-order valence-electron chi connectivity index (χ3n) is 4.52. The normalized spacial score (nSPS) is 10.7. The predicted molar refractivity (Wildman–Crippen MR) is 108 cm³/mol. The highest BCUT2D eigenvalue weighted by atomic mass is 16.5. The van der Waals surface area contributed by atoms with Crippen molar-refractivity contribution in [3.8, 4) is 0 Å². The highest BCUT2D eigenvalue weighted by molar-refractivity contribution is 5.85. The van der Waals surface area contributed by atoms with Crippen LogP contribution in [0.1, 0.15) is 19.4 Å². The molecule has 3 aromatic carbocycles. The third kappa shape index (κ3) is 3.86. The van der Waals surface area contributed by atoms with Crippen LogP contribution in [-0.2, 0) is 6.54 Å². The second kappa shape index (κ2) is 7.90. The number of hydrogen-bond donors (Lipinski definition) is 2. The van der Waals surface area contributed by atoms with Gasteiger partial charge in [0.05, 0.1) is 5.69 Å². The Bertz CT molecular complexity index is 843. The first kappa shape index (κ1) is 17.1.